The zero-order valence-corrected chi connectivity index (χ0v) is 12.8. The normalized spacial score (nSPS) is 16.1. The Morgan fingerprint density at radius 1 is 1.42 bits per heavy atom. The third kappa shape index (κ3) is 3.34. The van der Waals surface area contributed by atoms with Crippen molar-refractivity contribution in [3.8, 4) is 0 Å². The number of nitrogens with zero attached hydrogens (tertiary/aromatic N) is 2. The lowest BCUT2D eigenvalue weighted by atomic mass is 10.1. The number of aryl methyl sites for hydroxylation is 1. The van der Waals surface area contributed by atoms with Crippen LogP contribution < -0.4 is 5.32 Å². The van der Waals surface area contributed by atoms with E-state index in [1.54, 1.807) is 11.3 Å². The fourth-order valence-electron chi connectivity index (χ4n) is 2.25. The Balaban J connectivity index is 2.23. The number of aromatic nitrogens is 1. The van der Waals surface area contributed by atoms with Crippen molar-refractivity contribution in [2.24, 2.45) is 0 Å². The maximum absolute atomic E-state index is 12.6. The van der Waals surface area contributed by atoms with Gasteiger partial charge in [0.15, 0.2) is 0 Å². The SMILES string of the molecule is CCCc1nc(C(C)C)c(C(=O)N2CCNCC2)s1. The van der Waals surface area contributed by atoms with Crippen LogP contribution in [0.3, 0.4) is 0 Å². The molecule has 0 aromatic carbocycles. The molecule has 2 rings (SSSR count). The van der Waals surface area contributed by atoms with Gasteiger partial charge in [0.25, 0.3) is 5.91 Å². The average Bonchev–Trinajstić information content (AvgIpc) is 2.83. The Kier molecular flexibility index (Phi) is 4.93. The maximum atomic E-state index is 12.6. The van der Waals surface area contributed by atoms with Gasteiger partial charge in [-0.1, -0.05) is 20.8 Å². The molecule has 1 aromatic rings. The number of thiazole rings is 1. The summed E-state index contributed by atoms with van der Waals surface area (Å²) in [5, 5.41) is 4.38. The molecule has 0 saturated carbocycles. The molecule has 0 bridgehead atoms. The van der Waals surface area contributed by atoms with Crippen LogP contribution in [0.2, 0.25) is 0 Å². The zero-order chi connectivity index (χ0) is 13.8. The van der Waals surface area contributed by atoms with Crippen LogP contribution in [-0.2, 0) is 6.42 Å². The van der Waals surface area contributed by atoms with Gasteiger partial charge >= 0.3 is 0 Å². The van der Waals surface area contributed by atoms with Crippen LogP contribution in [0.25, 0.3) is 0 Å². The number of hydrogen-bond donors (Lipinski definition) is 1. The van der Waals surface area contributed by atoms with E-state index in [4.69, 9.17) is 0 Å². The van der Waals surface area contributed by atoms with E-state index in [0.717, 1.165) is 54.6 Å². The molecular formula is C14H23N3OS. The van der Waals surface area contributed by atoms with Gasteiger partial charge in [0.05, 0.1) is 10.7 Å². The van der Waals surface area contributed by atoms with E-state index in [1.165, 1.54) is 0 Å². The van der Waals surface area contributed by atoms with E-state index >= 15 is 0 Å². The van der Waals surface area contributed by atoms with Crippen LogP contribution in [0.15, 0.2) is 0 Å². The van der Waals surface area contributed by atoms with Gasteiger partial charge in [0.2, 0.25) is 0 Å². The summed E-state index contributed by atoms with van der Waals surface area (Å²) in [6.45, 7) is 9.76. The minimum atomic E-state index is 0.171. The number of rotatable bonds is 4. The van der Waals surface area contributed by atoms with Gasteiger partial charge in [-0.3, -0.25) is 4.79 Å². The van der Waals surface area contributed by atoms with Crippen LogP contribution in [0, 0.1) is 0 Å². The van der Waals surface area contributed by atoms with Crippen molar-refractivity contribution in [3.05, 3.63) is 15.6 Å². The van der Waals surface area contributed by atoms with Gasteiger partial charge in [0, 0.05) is 26.2 Å². The molecule has 1 saturated heterocycles. The van der Waals surface area contributed by atoms with Crippen molar-refractivity contribution in [2.75, 3.05) is 26.2 Å². The number of amides is 1. The fraction of sp³-hybridized carbons (Fsp3) is 0.714. The molecule has 0 unspecified atom stereocenters. The molecule has 2 heterocycles. The Morgan fingerprint density at radius 3 is 2.68 bits per heavy atom. The van der Waals surface area contributed by atoms with Crippen molar-refractivity contribution in [3.63, 3.8) is 0 Å². The highest BCUT2D eigenvalue weighted by Crippen LogP contribution is 2.27. The third-order valence-corrected chi connectivity index (χ3v) is 4.43. The highest BCUT2D eigenvalue weighted by atomic mass is 32.1. The first-order valence-corrected chi connectivity index (χ1v) is 7.94. The number of hydrogen-bond acceptors (Lipinski definition) is 4. The molecule has 0 aliphatic carbocycles. The molecule has 1 N–H and O–H groups in total. The second kappa shape index (κ2) is 6.48. The highest BCUT2D eigenvalue weighted by Gasteiger charge is 2.25. The summed E-state index contributed by atoms with van der Waals surface area (Å²) in [6.07, 6.45) is 2.05. The maximum Gasteiger partial charge on any atom is 0.265 e. The molecule has 0 atom stereocenters. The molecule has 1 aromatic heterocycles. The van der Waals surface area contributed by atoms with Gasteiger partial charge in [-0.05, 0) is 18.8 Å². The lowest BCUT2D eigenvalue weighted by molar-refractivity contribution is 0.0739. The average molecular weight is 281 g/mol. The summed E-state index contributed by atoms with van der Waals surface area (Å²) in [7, 11) is 0. The van der Waals surface area contributed by atoms with Crippen LogP contribution in [-0.4, -0.2) is 42.0 Å². The van der Waals surface area contributed by atoms with Crippen LogP contribution in [0.4, 0.5) is 0 Å². The van der Waals surface area contributed by atoms with Crippen molar-refractivity contribution in [2.45, 2.75) is 39.5 Å². The minimum absolute atomic E-state index is 0.171. The van der Waals surface area contributed by atoms with Crippen LogP contribution in [0.5, 0.6) is 0 Å². The summed E-state index contributed by atoms with van der Waals surface area (Å²) in [4.78, 5) is 20.1. The van der Waals surface area contributed by atoms with Crippen molar-refractivity contribution in [1.29, 1.82) is 0 Å². The van der Waals surface area contributed by atoms with Crippen LogP contribution >= 0.6 is 11.3 Å². The Morgan fingerprint density at radius 2 is 2.11 bits per heavy atom. The predicted molar refractivity (Wildman–Crippen MR) is 79.0 cm³/mol. The third-order valence-electron chi connectivity index (χ3n) is 3.31. The molecule has 5 heteroatoms. The molecule has 19 heavy (non-hydrogen) atoms. The summed E-state index contributed by atoms with van der Waals surface area (Å²) < 4.78 is 0. The second-order valence-corrected chi connectivity index (χ2v) is 6.35. The molecule has 106 valence electrons. The summed E-state index contributed by atoms with van der Waals surface area (Å²) in [5.74, 6) is 0.480. The van der Waals surface area contributed by atoms with Crippen LogP contribution in [0.1, 0.15) is 53.5 Å². The largest absolute Gasteiger partial charge is 0.335 e. The lowest BCUT2D eigenvalue weighted by Gasteiger charge is -2.27. The molecule has 1 fully saturated rings. The van der Waals surface area contributed by atoms with E-state index in [0.29, 0.717) is 5.92 Å². The number of piperazine rings is 1. The first-order valence-electron chi connectivity index (χ1n) is 7.13. The van der Waals surface area contributed by atoms with Gasteiger partial charge in [0.1, 0.15) is 4.88 Å². The smallest absolute Gasteiger partial charge is 0.265 e. The van der Waals surface area contributed by atoms with Gasteiger partial charge in [-0.15, -0.1) is 11.3 Å². The number of carbonyl (C=O) groups is 1. The first kappa shape index (κ1) is 14.5. The molecule has 1 aliphatic rings. The molecular weight excluding hydrogens is 258 g/mol. The lowest BCUT2D eigenvalue weighted by Crippen LogP contribution is -2.46. The summed E-state index contributed by atoms with van der Waals surface area (Å²) >= 11 is 1.59. The molecule has 1 amide bonds. The van der Waals surface area contributed by atoms with E-state index in [9.17, 15) is 4.79 Å². The first-order chi connectivity index (χ1) is 9.13. The topological polar surface area (TPSA) is 45.2 Å². The molecule has 0 spiro atoms. The van der Waals surface area contributed by atoms with E-state index in [-0.39, 0.29) is 5.91 Å². The van der Waals surface area contributed by atoms with E-state index < -0.39 is 0 Å². The predicted octanol–water partition coefficient (Wildman–Crippen LogP) is 2.26. The Bertz CT molecular complexity index is 436. The fourth-order valence-corrected chi connectivity index (χ4v) is 3.54. The summed E-state index contributed by atoms with van der Waals surface area (Å²) in [6, 6.07) is 0. The minimum Gasteiger partial charge on any atom is -0.335 e. The van der Waals surface area contributed by atoms with E-state index in [2.05, 4.69) is 31.1 Å². The molecule has 1 aliphatic heterocycles. The number of nitrogens with one attached hydrogen (secondary N) is 1. The monoisotopic (exact) mass is 281 g/mol. The van der Waals surface area contributed by atoms with Gasteiger partial charge < -0.3 is 10.2 Å². The van der Waals surface area contributed by atoms with Gasteiger partial charge in [-0.2, -0.15) is 0 Å². The quantitative estimate of drug-likeness (QED) is 0.921. The zero-order valence-electron chi connectivity index (χ0n) is 12.0. The Hall–Kier alpha value is -0.940. The highest BCUT2D eigenvalue weighted by molar-refractivity contribution is 7.13. The standard InChI is InChI=1S/C14H23N3OS/c1-4-5-11-16-12(10(2)3)13(19-11)14(18)17-8-6-15-7-9-17/h10,15H,4-9H2,1-3H3. The van der Waals surface area contributed by atoms with Crippen molar-refractivity contribution < 1.29 is 4.79 Å². The molecule has 0 radical (unpaired) electrons. The van der Waals surface area contributed by atoms with Crippen molar-refractivity contribution >= 4 is 17.2 Å². The second-order valence-electron chi connectivity index (χ2n) is 5.27. The van der Waals surface area contributed by atoms with Gasteiger partial charge in [-0.25, -0.2) is 4.98 Å². The summed E-state index contributed by atoms with van der Waals surface area (Å²) in [5.41, 5.74) is 0.983. The van der Waals surface area contributed by atoms with Crippen molar-refractivity contribution in [1.82, 2.24) is 15.2 Å². The Labute approximate surface area is 119 Å². The van der Waals surface area contributed by atoms with E-state index in [1.807, 2.05) is 4.90 Å². The number of carbonyl (C=O) groups excluding carboxylic acids is 1. The molecule has 4 nitrogen and oxygen atoms in total.